The van der Waals surface area contributed by atoms with E-state index in [-0.39, 0.29) is 22.0 Å². The summed E-state index contributed by atoms with van der Waals surface area (Å²) in [6.07, 6.45) is 4.12. The zero-order valence-corrected chi connectivity index (χ0v) is 18.8. The number of amides is 2. The van der Waals surface area contributed by atoms with E-state index in [0.29, 0.717) is 4.91 Å². The summed E-state index contributed by atoms with van der Waals surface area (Å²) in [4.78, 5) is 23.5. The van der Waals surface area contributed by atoms with Crippen LogP contribution in [0, 0.1) is 0 Å². The molecular formula is C26H27NO2S. The molecule has 1 fully saturated rings. The van der Waals surface area contributed by atoms with Crippen molar-refractivity contribution < 1.29 is 9.59 Å². The van der Waals surface area contributed by atoms with Crippen molar-refractivity contribution in [2.45, 2.75) is 51.4 Å². The second-order valence-electron chi connectivity index (χ2n) is 9.48. The van der Waals surface area contributed by atoms with Crippen molar-refractivity contribution >= 4 is 34.6 Å². The molecule has 0 saturated carbocycles. The third kappa shape index (κ3) is 3.77. The summed E-state index contributed by atoms with van der Waals surface area (Å²) in [5.41, 5.74) is 7.28. The Hall–Kier alpha value is -2.59. The average Bonchev–Trinajstić information content (AvgIpc) is 3.02. The van der Waals surface area contributed by atoms with E-state index in [4.69, 9.17) is 0 Å². The molecule has 1 aliphatic heterocycles. The molecule has 2 amide bonds. The first-order valence-electron chi connectivity index (χ1n) is 10.3. The predicted octanol–water partition coefficient (Wildman–Crippen LogP) is 6.42. The van der Waals surface area contributed by atoms with Gasteiger partial charge in [-0.3, -0.25) is 14.9 Å². The summed E-state index contributed by atoms with van der Waals surface area (Å²) in [7, 11) is 0. The second-order valence-corrected chi connectivity index (χ2v) is 10.5. The van der Waals surface area contributed by atoms with E-state index >= 15 is 0 Å². The van der Waals surface area contributed by atoms with Crippen molar-refractivity contribution in [3.05, 3.63) is 81.8 Å². The first-order chi connectivity index (χ1) is 14.1. The highest BCUT2D eigenvalue weighted by Crippen LogP contribution is 2.46. The van der Waals surface area contributed by atoms with Gasteiger partial charge < -0.3 is 0 Å². The van der Waals surface area contributed by atoms with E-state index in [1.807, 2.05) is 24.3 Å². The lowest BCUT2D eigenvalue weighted by Crippen LogP contribution is -2.33. The molecule has 0 aromatic heterocycles. The Morgan fingerprint density at radius 1 is 0.933 bits per heavy atom. The van der Waals surface area contributed by atoms with Gasteiger partial charge in [-0.2, -0.15) is 0 Å². The van der Waals surface area contributed by atoms with Gasteiger partial charge in [-0.25, -0.2) is 0 Å². The van der Waals surface area contributed by atoms with Crippen molar-refractivity contribution in [1.82, 2.24) is 5.32 Å². The highest BCUT2D eigenvalue weighted by molar-refractivity contribution is 8.18. The number of hydrogen-bond acceptors (Lipinski definition) is 3. The summed E-state index contributed by atoms with van der Waals surface area (Å²) >= 11 is 0.932. The number of fused-ring (bicyclic) bond motifs is 1. The normalized spacial score (nSPS) is 20.7. The van der Waals surface area contributed by atoms with Crippen LogP contribution in [0.2, 0.25) is 0 Å². The van der Waals surface area contributed by atoms with E-state index in [0.717, 1.165) is 34.0 Å². The standard InChI is InChI=1S/C26H27NO2S/c1-16(18-8-6-17(7-9-18)14-22-23(28)27-24(29)30-22)19-10-11-20-21(15-19)26(4,5)13-12-25(20,2)3/h6-11,14-15H,1,12-13H2,2-5H3,(H,27,28,29)/b22-14-. The summed E-state index contributed by atoms with van der Waals surface area (Å²) < 4.78 is 0. The summed E-state index contributed by atoms with van der Waals surface area (Å²) in [5.74, 6) is -0.335. The number of carbonyl (C=O) groups excluding carboxylic acids is 2. The zero-order valence-electron chi connectivity index (χ0n) is 18.0. The molecule has 0 radical (unpaired) electrons. The third-order valence-corrected chi connectivity index (χ3v) is 7.21. The van der Waals surface area contributed by atoms with Gasteiger partial charge in [-0.15, -0.1) is 0 Å². The van der Waals surface area contributed by atoms with E-state index < -0.39 is 0 Å². The van der Waals surface area contributed by atoms with Gasteiger partial charge in [-0.1, -0.05) is 76.7 Å². The number of carbonyl (C=O) groups is 2. The molecule has 4 heteroatoms. The quantitative estimate of drug-likeness (QED) is 0.586. The topological polar surface area (TPSA) is 46.2 Å². The van der Waals surface area contributed by atoms with Crippen LogP contribution in [0.5, 0.6) is 0 Å². The predicted molar refractivity (Wildman–Crippen MR) is 125 cm³/mol. The largest absolute Gasteiger partial charge is 0.290 e. The van der Waals surface area contributed by atoms with Crippen molar-refractivity contribution in [2.24, 2.45) is 0 Å². The molecule has 0 bridgehead atoms. The Labute approximate surface area is 182 Å². The minimum Gasteiger partial charge on any atom is -0.282 e. The van der Waals surface area contributed by atoms with Crippen LogP contribution < -0.4 is 5.32 Å². The SMILES string of the molecule is C=C(c1ccc(/C=C2\SC(=O)NC2=O)cc1)c1ccc2c(c1)C(C)(C)CCC2(C)C. The first kappa shape index (κ1) is 20.7. The van der Waals surface area contributed by atoms with Crippen molar-refractivity contribution in [2.75, 3.05) is 0 Å². The van der Waals surface area contributed by atoms with Crippen LogP contribution in [0.4, 0.5) is 4.79 Å². The third-order valence-electron chi connectivity index (χ3n) is 6.40. The highest BCUT2D eigenvalue weighted by Gasteiger charge is 2.37. The van der Waals surface area contributed by atoms with E-state index in [2.05, 4.69) is 57.8 Å². The lowest BCUT2D eigenvalue weighted by molar-refractivity contribution is -0.115. The minimum atomic E-state index is -0.335. The molecular weight excluding hydrogens is 390 g/mol. The second kappa shape index (κ2) is 7.28. The van der Waals surface area contributed by atoms with Crippen LogP contribution in [0.25, 0.3) is 11.6 Å². The molecule has 2 aliphatic rings. The summed E-state index contributed by atoms with van der Waals surface area (Å²) in [6, 6.07) is 14.7. The monoisotopic (exact) mass is 417 g/mol. The van der Waals surface area contributed by atoms with E-state index in [9.17, 15) is 9.59 Å². The van der Waals surface area contributed by atoms with Gasteiger partial charge in [0, 0.05) is 0 Å². The van der Waals surface area contributed by atoms with Crippen LogP contribution in [0.1, 0.15) is 68.4 Å². The Kier molecular flexibility index (Phi) is 5.01. The van der Waals surface area contributed by atoms with Crippen molar-refractivity contribution in [3.63, 3.8) is 0 Å². The zero-order chi connectivity index (χ0) is 21.7. The summed E-state index contributed by atoms with van der Waals surface area (Å²) in [5, 5.41) is 1.95. The van der Waals surface area contributed by atoms with Crippen LogP contribution in [-0.4, -0.2) is 11.1 Å². The van der Waals surface area contributed by atoms with Gasteiger partial charge in [0.15, 0.2) is 0 Å². The maximum atomic E-state index is 11.7. The molecule has 30 heavy (non-hydrogen) atoms. The van der Waals surface area contributed by atoms with Gasteiger partial charge in [0.25, 0.3) is 11.1 Å². The fourth-order valence-electron chi connectivity index (χ4n) is 4.30. The molecule has 154 valence electrons. The van der Waals surface area contributed by atoms with Crippen LogP contribution >= 0.6 is 11.8 Å². The Morgan fingerprint density at radius 3 is 2.13 bits per heavy atom. The molecule has 4 rings (SSSR count). The fraction of sp³-hybridized carbons (Fsp3) is 0.308. The van der Waals surface area contributed by atoms with E-state index in [1.54, 1.807) is 6.08 Å². The maximum Gasteiger partial charge on any atom is 0.290 e. The number of nitrogens with one attached hydrogen (secondary N) is 1. The molecule has 1 heterocycles. The molecule has 1 N–H and O–H groups in total. The summed E-state index contributed by atoms with van der Waals surface area (Å²) in [6.45, 7) is 13.7. The molecule has 2 aromatic carbocycles. The van der Waals surface area contributed by atoms with Gasteiger partial charge in [-0.05, 0) is 74.9 Å². The molecule has 3 nitrogen and oxygen atoms in total. The highest BCUT2D eigenvalue weighted by atomic mass is 32.2. The van der Waals surface area contributed by atoms with E-state index in [1.165, 1.54) is 24.0 Å². The molecule has 0 spiro atoms. The average molecular weight is 418 g/mol. The number of rotatable bonds is 3. The smallest absolute Gasteiger partial charge is 0.282 e. The Morgan fingerprint density at radius 2 is 1.53 bits per heavy atom. The van der Waals surface area contributed by atoms with Crippen LogP contribution in [0.15, 0.2) is 53.9 Å². The number of imide groups is 1. The Bertz CT molecular complexity index is 1090. The van der Waals surface area contributed by atoms with Gasteiger partial charge in [0.2, 0.25) is 0 Å². The lowest BCUT2D eigenvalue weighted by Gasteiger charge is -2.42. The molecule has 0 atom stereocenters. The van der Waals surface area contributed by atoms with Gasteiger partial charge in [0.05, 0.1) is 4.91 Å². The molecule has 1 saturated heterocycles. The number of hydrogen-bond donors (Lipinski definition) is 1. The number of benzene rings is 2. The molecule has 2 aromatic rings. The number of thioether (sulfide) groups is 1. The lowest BCUT2D eigenvalue weighted by atomic mass is 9.63. The van der Waals surface area contributed by atoms with Gasteiger partial charge in [0.1, 0.15) is 0 Å². The van der Waals surface area contributed by atoms with Crippen molar-refractivity contribution in [1.29, 1.82) is 0 Å². The first-order valence-corrected chi connectivity index (χ1v) is 11.1. The molecule has 1 aliphatic carbocycles. The fourth-order valence-corrected chi connectivity index (χ4v) is 4.98. The minimum absolute atomic E-state index is 0.161. The van der Waals surface area contributed by atoms with Crippen LogP contribution in [-0.2, 0) is 15.6 Å². The van der Waals surface area contributed by atoms with Crippen LogP contribution in [0.3, 0.4) is 0 Å². The van der Waals surface area contributed by atoms with Crippen molar-refractivity contribution in [3.8, 4) is 0 Å². The van der Waals surface area contributed by atoms with Gasteiger partial charge >= 0.3 is 0 Å². The maximum absolute atomic E-state index is 11.7. The Balaban J connectivity index is 1.62. The molecule has 0 unspecified atom stereocenters.